The summed E-state index contributed by atoms with van der Waals surface area (Å²) in [4.78, 5) is 0. The van der Waals surface area contributed by atoms with Crippen LogP contribution in [-0.4, -0.2) is 21.8 Å². The third-order valence-corrected chi connectivity index (χ3v) is 9.98. The van der Waals surface area contributed by atoms with Crippen molar-refractivity contribution in [2.75, 3.05) is 13.2 Å². The van der Waals surface area contributed by atoms with Crippen LogP contribution in [0.25, 0.3) is 0 Å². The standard InChI is InChI=1S/C25H54O2Si/c1-6-10-11-12-13-14-15-16-17-18-19-20-21-23-26-28(8-3,9-4)27-24-22-25(5)7-2/h25H,6-24H2,1-5H3. The van der Waals surface area contributed by atoms with Gasteiger partial charge in [-0.1, -0.05) is 118 Å². The Bertz CT molecular complexity index is 305. The van der Waals surface area contributed by atoms with E-state index in [9.17, 15) is 0 Å². The molecule has 0 saturated carbocycles. The van der Waals surface area contributed by atoms with Crippen LogP contribution in [0.1, 0.15) is 131 Å². The van der Waals surface area contributed by atoms with Crippen molar-refractivity contribution in [2.45, 2.75) is 143 Å². The minimum atomic E-state index is -1.93. The van der Waals surface area contributed by atoms with Crippen molar-refractivity contribution in [3.8, 4) is 0 Å². The first kappa shape index (κ1) is 28.1. The lowest BCUT2D eigenvalue weighted by Crippen LogP contribution is -2.41. The van der Waals surface area contributed by atoms with E-state index < -0.39 is 8.56 Å². The number of rotatable bonds is 22. The second-order valence-electron chi connectivity index (χ2n) is 8.86. The molecule has 0 aromatic heterocycles. The van der Waals surface area contributed by atoms with Crippen molar-refractivity contribution in [1.82, 2.24) is 0 Å². The smallest absolute Gasteiger partial charge is 0.337 e. The summed E-state index contributed by atoms with van der Waals surface area (Å²) < 4.78 is 12.7. The molecule has 0 radical (unpaired) electrons. The van der Waals surface area contributed by atoms with Crippen molar-refractivity contribution in [1.29, 1.82) is 0 Å². The molecule has 1 atom stereocenters. The molecule has 2 nitrogen and oxygen atoms in total. The van der Waals surface area contributed by atoms with Gasteiger partial charge in [0, 0.05) is 13.2 Å². The van der Waals surface area contributed by atoms with Gasteiger partial charge in [0.25, 0.3) is 0 Å². The highest BCUT2D eigenvalue weighted by Crippen LogP contribution is 2.21. The van der Waals surface area contributed by atoms with Crippen molar-refractivity contribution >= 4 is 8.56 Å². The van der Waals surface area contributed by atoms with Crippen LogP contribution in [0, 0.1) is 5.92 Å². The second-order valence-corrected chi connectivity index (χ2v) is 12.7. The predicted octanol–water partition coefficient (Wildman–Crippen LogP) is 9.03. The normalized spacial score (nSPS) is 13.2. The van der Waals surface area contributed by atoms with Crippen molar-refractivity contribution in [3.63, 3.8) is 0 Å². The summed E-state index contributed by atoms with van der Waals surface area (Å²) in [6.45, 7) is 13.2. The monoisotopic (exact) mass is 414 g/mol. The van der Waals surface area contributed by atoms with Gasteiger partial charge in [0.2, 0.25) is 0 Å². The highest BCUT2D eigenvalue weighted by atomic mass is 28.4. The van der Waals surface area contributed by atoms with Gasteiger partial charge in [-0.25, -0.2) is 0 Å². The molecular formula is C25H54O2Si. The first-order valence-corrected chi connectivity index (χ1v) is 15.1. The zero-order valence-corrected chi connectivity index (χ0v) is 21.3. The highest BCUT2D eigenvalue weighted by molar-refractivity contribution is 6.67. The maximum Gasteiger partial charge on any atom is 0.337 e. The van der Waals surface area contributed by atoms with Crippen LogP contribution in [0.3, 0.4) is 0 Å². The number of hydrogen-bond acceptors (Lipinski definition) is 2. The minimum Gasteiger partial charge on any atom is -0.394 e. The van der Waals surface area contributed by atoms with Gasteiger partial charge >= 0.3 is 8.56 Å². The lowest BCUT2D eigenvalue weighted by molar-refractivity contribution is 0.157. The van der Waals surface area contributed by atoms with Crippen LogP contribution in [0.5, 0.6) is 0 Å². The SMILES string of the molecule is CCCCCCCCCCCCCCCO[Si](CC)(CC)OCCC(C)CC. The Morgan fingerprint density at radius 1 is 0.571 bits per heavy atom. The van der Waals surface area contributed by atoms with E-state index in [4.69, 9.17) is 8.85 Å². The third kappa shape index (κ3) is 16.0. The number of hydrogen-bond donors (Lipinski definition) is 0. The third-order valence-electron chi connectivity index (χ3n) is 6.36. The Morgan fingerprint density at radius 3 is 1.43 bits per heavy atom. The van der Waals surface area contributed by atoms with Crippen LogP contribution >= 0.6 is 0 Å². The molecule has 1 unspecified atom stereocenters. The van der Waals surface area contributed by atoms with Gasteiger partial charge in [0.15, 0.2) is 0 Å². The summed E-state index contributed by atoms with van der Waals surface area (Å²) >= 11 is 0. The van der Waals surface area contributed by atoms with Gasteiger partial charge in [0.05, 0.1) is 0 Å². The quantitative estimate of drug-likeness (QED) is 0.130. The van der Waals surface area contributed by atoms with E-state index in [1.165, 1.54) is 96.3 Å². The molecule has 0 N–H and O–H groups in total. The van der Waals surface area contributed by atoms with Gasteiger partial charge in [-0.3, -0.25) is 0 Å². The van der Waals surface area contributed by atoms with Gasteiger partial charge in [0.1, 0.15) is 0 Å². The minimum absolute atomic E-state index is 0.765. The first-order chi connectivity index (χ1) is 13.6. The van der Waals surface area contributed by atoms with Crippen LogP contribution in [0.2, 0.25) is 12.1 Å². The number of unbranched alkanes of at least 4 members (excludes halogenated alkanes) is 12. The summed E-state index contributed by atoms with van der Waals surface area (Å²) in [6.07, 6.45) is 20.6. The van der Waals surface area contributed by atoms with Gasteiger partial charge in [-0.15, -0.1) is 0 Å². The largest absolute Gasteiger partial charge is 0.394 e. The molecule has 0 aromatic carbocycles. The van der Waals surface area contributed by atoms with E-state index in [1.54, 1.807) is 0 Å². The van der Waals surface area contributed by atoms with Crippen LogP contribution in [0.4, 0.5) is 0 Å². The average molecular weight is 415 g/mol. The topological polar surface area (TPSA) is 18.5 Å². The zero-order chi connectivity index (χ0) is 20.9. The summed E-state index contributed by atoms with van der Waals surface area (Å²) in [5.41, 5.74) is 0. The van der Waals surface area contributed by atoms with Crippen LogP contribution < -0.4 is 0 Å². The van der Waals surface area contributed by atoms with Gasteiger partial charge in [-0.05, 0) is 30.8 Å². The Kier molecular flexibility index (Phi) is 20.5. The molecule has 170 valence electrons. The second kappa shape index (κ2) is 20.4. The van der Waals surface area contributed by atoms with Crippen molar-refractivity contribution < 1.29 is 8.85 Å². The van der Waals surface area contributed by atoms with Gasteiger partial charge < -0.3 is 8.85 Å². The molecule has 0 amide bonds. The van der Waals surface area contributed by atoms with E-state index in [2.05, 4.69) is 34.6 Å². The predicted molar refractivity (Wildman–Crippen MR) is 128 cm³/mol. The van der Waals surface area contributed by atoms with Crippen molar-refractivity contribution in [2.24, 2.45) is 5.92 Å². The lowest BCUT2D eigenvalue weighted by Gasteiger charge is -2.29. The molecule has 0 heterocycles. The lowest BCUT2D eigenvalue weighted by atomic mass is 10.0. The molecule has 0 bridgehead atoms. The molecule has 0 fully saturated rings. The molecular weight excluding hydrogens is 360 g/mol. The zero-order valence-electron chi connectivity index (χ0n) is 20.3. The molecule has 0 saturated heterocycles. The maximum absolute atomic E-state index is 6.36. The summed E-state index contributed by atoms with van der Waals surface area (Å²) in [5, 5.41) is 0. The summed E-state index contributed by atoms with van der Waals surface area (Å²) in [5.74, 6) is 0.765. The maximum atomic E-state index is 6.36. The highest BCUT2D eigenvalue weighted by Gasteiger charge is 2.33. The average Bonchev–Trinajstić information content (AvgIpc) is 2.72. The van der Waals surface area contributed by atoms with Crippen molar-refractivity contribution in [3.05, 3.63) is 0 Å². The Balaban J connectivity index is 3.57. The Morgan fingerprint density at radius 2 is 1.00 bits per heavy atom. The van der Waals surface area contributed by atoms with E-state index in [1.807, 2.05) is 0 Å². The van der Waals surface area contributed by atoms with Crippen LogP contribution in [-0.2, 0) is 8.85 Å². The van der Waals surface area contributed by atoms with E-state index in [-0.39, 0.29) is 0 Å². The Hall–Kier alpha value is 0.137. The molecule has 0 aliphatic heterocycles. The molecule has 0 aliphatic rings. The molecule has 0 rings (SSSR count). The van der Waals surface area contributed by atoms with E-state index in [0.29, 0.717) is 0 Å². The fraction of sp³-hybridized carbons (Fsp3) is 1.00. The molecule has 0 aromatic rings. The van der Waals surface area contributed by atoms with E-state index >= 15 is 0 Å². The van der Waals surface area contributed by atoms with E-state index in [0.717, 1.165) is 31.2 Å². The fourth-order valence-corrected chi connectivity index (χ4v) is 6.13. The molecule has 28 heavy (non-hydrogen) atoms. The molecule has 0 spiro atoms. The fourth-order valence-electron chi connectivity index (χ4n) is 3.73. The summed E-state index contributed by atoms with van der Waals surface area (Å²) in [7, 11) is -1.93. The molecule has 0 aliphatic carbocycles. The molecule has 3 heteroatoms. The Labute approximate surface area is 179 Å². The summed E-state index contributed by atoms with van der Waals surface area (Å²) in [6, 6.07) is 2.17. The van der Waals surface area contributed by atoms with Crippen LogP contribution in [0.15, 0.2) is 0 Å². The van der Waals surface area contributed by atoms with Gasteiger partial charge in [-0.2, -0.15) is 0 Å². The first-order valence-electron chi connectivity index (χ1n) is 12.9.